The van der Waals surface area contributed by atoms with E-state index in [0.717, 1.165) is 13.0 Å². The lowest BCUT2D eigenvalue weighted by Gasteiger charge is -2.15. The van der Waals surface area contributed by atoms with Crippen molar-refractivity contribution in [3.8, 4) is 0 Å². The van der Waals surface area contributed by atoms with Gasteiger partial charge in [-0.2, -0.15) is 0 Å². The molecule has 0 aliphatic heterocycles. The molecule has 16 heavy (non-hydrogen) atoms. The number of aromatic nitrogens is 1. The van der Waals surface area contributed by atoms with Crippen molar-refractivity contribution < 1.29 is 0 Å². The molecule has 90 valence electrons. The van der Waals surface area contributed by atoms with Crippen molar-refractivity contribution in [3.05, 3.63) is 16.1 Å². The monoisotopic (exact) mass is 238 g/mol. The van der Waals surface area contributed by atoms with Crippen LogP contribution < -0.4 is 5.32 Å². The Morgan fingerprint density at radius 1 is 1.44 bits per heavy atom. The molecular formula is C13H22N2S. The van der Waals surface area contributed by atoms with Gasteiger partial charge in [-0.1, -0.05) is 20.8 Å². The molecule has 2 nitrogen and oxygen atoms in total. The Labute approximate surface area is 102 Å². The van der Waals surface area contributed by atoms with Gasteiger partial charge in [-0.25, -0.2) is 4.98 Å². The van der Waals surface area contributed by atoms with Crippen LogP contribution in [0.1, 0.15) is 44.3 Å². The number of rotatable bonds is 4. The molecule has 1 aliphatic rings. The van der Waals surface area contributed by atoms with Crippen LogP contribution in [0.3, 0.4) is 0 Å². The van der Waals surface area contributed by atoms with Crippen molar-refractivity contribution >= 4 is 11.3 Å². The fourth-order valence-electron chi connectivity index (χ4n) is 2.03. The van der Waals surface area contributed by atoms with Crippen molar-refractivity contribution in [1.82, 2.24) is 10.3 Å². The lowest BCUT2D eigenvalue weighted by atomic mass is 9.93. The Morgan fingerprint density at radius 3 is 2.56 bits per heavy atom. The molecule has 0 bridgehead atoms. The maximum atomic E-state index is 4.78. The van der Waals surface area contributed by atoms with Gasteiger partial charge in [0.2, 0.25) is 0 Å². The largest absolute Gasteiger partial charge is 0.319 e. The Hall–Kier alpha value is -0.410. The highest BCUT2D eigenvalue weighted by Crippen LogP contribution is 2.48. The smallest absolute Gasteiger partial charge is 0.0934 e. The summed E-state index contributed by atoms with van der Waals surface area (Å²) in [7, 11) is 2.04. The third-order valence-electron chi connectivity index (χ3n) is 3.36. The first-order valence-electron chi connectivity index (χ1n) is 6.05. The number of hydrogen-bond acceptors (Lipinski definition) is 3. The van der Waals surface area contributed by atoms with E-state index in [4.69, 9.17) is 4.98 Å². The summed E-state index contributed by atoms with van der Waals surface area (Å²) in [4.78, 5) is 4.78. The van der Waals surface area contributed by atoms with Crippen molar-refractivity contribution in [2.75, 3.05) is 13.6 Å². The van der Waals surface area contributed by atoms with E-state index in [1.807, 2.05) is 18.4 Å². The van der Waals surface area contributed by atoms with Crippen LogP contribution in [0.5, 0.6) is 0 Å². The molecule has 1 aromatic rings. The summed E-state index contributed by atoms with van der Waals surface area (Å²) < 4.78 is 0. The second kappa shape index (κ2) is 4.11. The standard InChI is InChI=1S/C13H22N2S/c1-12(2,3)10-8-16-11(15-10)7-13(5-6-13)9-14-4/h8,14H,5-7,9H2,1-4H3. The van der Waals surface area contributed by atoms with E-state index >= 15 is 0 Å². The van der Waals surface area contributed by atoms with Gasteiger partial charge in [0.05, 0.1) is 10.7 Å². The van der Waals surface area contributed by atoms with E-state index in [9.17, 15) is 0 Å². The first-order chi connectivity index (χ1) is 7.45. The van der Waals surface area contributed by atoms with Crippen LogP contribution in [0.25, 0.3) is 0 Å². The average molecular weight is 238 g/mol. The number of hydrogen-bond donors (Lipinski definition) is 1. The van der Waals surface area contributed by atoms with Crippen LogP contribution in [0.15, 0.2) is 5.38 Å². The highest BCUT2D eigenvalue weighted by molar-refractivity contribution is 7.09. The lowest BCUT2D eigenvalue weighted by Crippen LogP contribution is -2.22. The van der Waals surface area contributed by atoms with Gasteiger partial charge in [-0.05, 0) is 25.3 Å². The number of thiazole rings is 1. The molecule has 0 unspecified atom stereocenters. The second-order valence-electron chi connectivity index (χ2n) is 6.08. The third kappa shape index (κ3) is 2.64. The summed E-state index contributed by atoms with van der Waals surface area (Å²) in [6, 6.07) is 0. The molecule has 1 aromatic heterocycles. The fourth-order valence-corrected chi connectivity index (χ4v) is 3.22. The fraction of sp³-hybridized carbons (Fsp3) is 0.769. The first kappa shape index (κ1) is 12.1. The summed E-state index contributed by atoms with van der Waals surface area (Å²) in [6.45, 7) is 7.82. The van der Waals surface area contributed by atoms with Gasteiger partial charge in [0.15, 0.2) is 0 Å². The van der Waals surface area contributed by atoms with Crippen LogP contribution in [0.4, 0.5) is 0 Å². The molecular weight excluding hydrogens is 216 g/mol. The van der Waals surface area contributed by atoms with E-state index in [1.54, 1.807) is 0 Å². The molecule has 0 atom stereocenters. The molecule has 0 radical (unpaired) electrons. The zero-order valence-electron chi connectivity index (χ0n) is 10.8. The van der Waals surface area contributed by atoms with Crippen LogP contribution in [-0.2, 0) is 11.8 Å². The van der Waals surface area contributed by atoms with Crippen LogP contribution >= 0.6 is 11.3 Å². The Balaban J connectivity index is 2.03. The van der Waals surface area contributed by atoms with Crippen molar-refractivity contribution in [1.29, 1.82) is 0 Å². The van der Waals surface area contributed by atoms with Gasteiger partial charge in [0, 0.05) is 23.8 Å². The minimum Gasteiger partial charge on any atom is -0.319 e. The Bertz CT molecular complexity index is 358. The SMILES string of the molecule is CNCC1(Cc2nc(C(C)(C)C)cs2)CC1. The van der Waals surface area contributed by atoms with Crippen molar-refractivity contribution in [2.45, 2.75) is 45.4 Å². The minimum absolute atomic E-state index is 0.189. The first-order valence-corrected chi connectivity index (χ1v) is 6.93. The summed E-state index contributed by atoms with van der Waals surface area (Å²) in [5, 5.41) is 6.85. The lowest BCUT2D eigenvalue weighted by molar-refractivity contribution is 0.474. The molecule has 0 aromatic carbocycles. The molecule has 3 heteroatoms. The molecule has 1 N–H and O–H groups in total. The predicted molar refractivity (Wildman–Crippen MR) is 70.1 cm³/mol. The van der Waals surface area contributed by atoms with Gasteiger partial charge in [-0.3, -0.25) is 0 Å². The molecule has 2 rings (SSSR count). The van der Waals surface area contributed by atoms with Gasteiger partial charge in [-0.15, -0.1) is 11.3 Å². The summed E-state index contributed by atoms with van der Waals surface area (Å²) in [5.41, 5.74) is 1.96. The van der Waals surface area contributed by atoms with Gasteiger partial charge in [0.1, 0.15) is 0 Å². The zero-order valence-corrected chi connectivity index (χ0v) is 11.6. The maximum Gasteiger partial charge on any atom is 0.0934 e. The molecule has 1 aliphatic carbocycles. The van der Waals surface area contributed by atoms with E-state index in [1.165, 1.54) is 23.5 Å². The van der Waals surface area contributed by atoms with E-state index in [2.05, 4.69) is 31.5 Å². The summed E-state index contributed by atoms with van der Waals surface area (Å²) in [6.07, 6.45) is 3.88. The zero-order chi connectivity index (χ0) is 11.8. The Kier molecular flexibility index (Phi) is 3.10. The van der Waals surface area contributed by atoms with Crippen molar-refractivity contribution in [3.63, 3.8) is 0 Å². The molecule has 0 spiro atoms. The highest BCUT2D eigenvalue weighted by Gasteiger charge is 2.42. The van der Waals surface area contributed by atoms with Crippen LogP contribution in [0, 0.1) is 5.41 Å². The van der Waals surface area contributed by atoms with Gasteiger partial charge >= 0.3 is 0 Å². The van der Waals surface area contributed by atoms with E-state index < -0.39 is 0 Å². The van der Waals surface area contributed by atoms with Crippen molar-refractivity contribution in [2.24, 2.45) is 5.41 Å². The van der Waals surface area contributed by atoms with Crippen LogP contribution in [-0.4, -0.2) is 18.6 Å². The summed E-state index contributed by atoms with van der Waals surface area (Å²) in [5.74, 6) is 0. The van der Waals surface area contributed by atoms with Gasteiger partial charge < -0.3 is 5.32 Å². The maximum absolute atomic E-state index is 4.78. The molecule has 1 heterocycles. The quantitative estimate of drug-likeness (QED) is 0.872. The third-order valence-corrected chi connectivity index (χ3v) is 4.20. The molecule has 1 saturated carbocycles. The molecule has 0 saturated heterocycles. The van der Waals surface area contributed by atoms with E-state index in [0.29, 0.717) is 5.41 Å². The van der Waals surface area contributed by atoms with E-state index in [-0.39, 0.29) is 5.41 Å². The minimum atomic E-state index is 0.189. The topological polar surface area (TPSA) is 24.9 Å². The average Bonchev–Trinajstić information content (AvgIpc) is 2.75. The normalized spacial score (nSPS) is 18.8. The van der Waals surface area contributed by atoms with Crippen LogP contribution in [0.2, 0.25) is 0 Å². The summed E-state index contributed by atoms with van der Waals surface area (Å²) >= 11 is 1.83. The predicted octanol–water partition coefficient (Wildman–Crippen LogP) is 2.98. The number of nitrogens with zero attached hydrogens (tertiary/aromatic N) is 1. The molecule has 1 fully saturated rings. The highest BCUT2D eigenvalue weighted by atomic mass is 32.1. The number of nitrogens with one attached hydrogen (secondary N) is 1. The second-order valence-corrected chi connectivity index (χ2v) is 7.03. The van der Waals surface area contributed by atoms with Gasteiger partial charge in [0.25, 0.3) is 0 Å². The molecule has 0 amide bonds. The Morgan fingerprint density at radius 2 is 2.12 bits per heavy atom.